The van der Waals surface area contributed by atoms with Crippen molar-refractivity contribution in [3.8, 4) is 11.5 Å². The number of aryl methyl sites for hydroxylation is 1. The number of nitrogens with one attached hydrogen (secondary N) is 2. The van der Waals surface area contributed by atoms with Gasteiger partial charge in [0.1, 0.15) is 10.4 Å². The Morgan fingerprint density at radius 2 is 1.94 bits per heavy atom. The minimum atomic E-state index is -0.343. The van der Waals surface area contributed by atoms with Gasteiger partial charge in [0.2, 0.25) is 0 Å². The smallest absolute Gasteiger partial charge is 0.328 e. The molecule has 0 aromatic carbocycles. The van der Waals surface area contributed by atoms with E-state index < -0.39 is 0 Å². The molecule has 4 aromatic heterocycles. The summed E-state index contributed by atoms with van der Waals surface area (Å²) in [6.07, 6.45) is 3.53. The first-order chi connectivity index (χ1) is 16.9. The number of aromatic nitrogens is 5. The van der Waals surface area contributed by atoms with E-state index in [2.05, 4.69) is 30.8 Å². The van der Waals surface area contributed by atoms with E-state index in [1.54, 1.807) is 19.3 Å². The van der Waals surface area contributed by atoms with Crippen molar-refractivity contribution in [1.29, 1.82) is 0 Å². The molecule has 5 heterocycles. The number of fused-ring (bicyclic) bond motifs is 1. The van der Waals surface area contributed by atoms with E-state index in [-0.39, 0.29) is 17.7 Å². The summed E-state index contributed by atoms with van der Waals surface area (Å²) in [5.74, 6) is 0.778. The second-order valence-electron chi connectivity index (χ2n) is 8.04. The first kappa shape index (κ1) is 24.4. The molecule has 11 nitrogen and oxygen atoms in total. The number of thiophene rings is 1. The molecule has 1 aliphatic heterocycles. The van der Waals surface area contributed by atoms with Crippen LogP contribution in [0.5, 0.6) is 0 Å². The second kappa shape index (κ2) is 10.7. The molecule has 1 aliphatic rings. The van der Waals surface area contributed by atoms with Crippen LogP contribution in [0.4, 0.5) is 5.69 Å². The Hall–Kier alpha value is -3.77. The van der Waals surface area contributed by atoms with Crippen molar-refractivity contribution >= 4 is 33.7 Å². The molecule has 0 unspecified atom stereocenters. The van der Waals surface area contributed by atoms with Crippen LogP contribution in [0.3, 0.4) is 0 Å². The summed E-state index contributed by atoms with van der Waals surface area (Å²) in [5, 5.41) is 6.89. The Morgan fingerprint density at radius 3 is 2.57 bits per heavy atom. The van der Waals surface area contributed by atoms with Crippen molar-refractivity contribution in [2.45, 2.75) is 26.9 Å². The Morgan fingerprint density at radius 1 is 1.20 bits per heavy atom. The normalized spacial score (nSPS) is 14.1. The molecular formula is C23H27N7O4S. The van der Waals surface area contributed by atoms with Crippen LogP contribution >= 0.6 is 11.3 Å². The van der Waals surface area contributed by atoms with Crippen LogP contribution in [0.15, 0.2) is 40.2 Å². The maximum atomic E-state index is 12.5. The number of rotatable bonds is 5. The highest BCUT2D eigenvalue weighted by molar-refractivity contribution is 7.18. The van der Waals surface area contributed by atoms with Crippen molar-refractivity contribution in [1.82, 2.24) is 29.4 Å². The summed E-state index contributed by atoms with van der Waals surface area (Å²) in [4.78, 5) is 53.7. The molecule has 35 heavy (non-hydrogen) atoms. The van der Waals surface area contributed by atoms with Crippen molar-refractivity contribution in [3.63, 3.8) is 0 Å². The van der Waals surface area contributed by atoms with E-state index in [1.807, 2.05) is 19.1 Å². The van der Waals surface area contributed by atoms with Gasteiger partial charge in [0, 0.05) is 56.5 Å². The van der Waals surface area contributed by atoms with E-state index in [0.717, 1.165) is 60.5 Å². The molecule has 1 saturated heterocycles. The second-order valence-corrected chi connectivity index (χ2v) is 9.18. The van der Waals surface area contributed by atoms with E-state index in [9.17, 15) is 9.59 Å². The van der Waals surface area contributed by atoms with Gasteiger partial charge in [-0.25, -0.2) is 14.8 Å². The lowest BCUT2D eigenvalue weighted by Crippen LogP contribution is -2.46. The Balaban J connectivity index is 0.000000917. The minimum absolute atomic E-state index is 0.201. The Labute approximate surface area is 204 Å². The lowest BCUT2D eigenvalue weighted by molar-refractivity contribution is -0.122. The summed E-state index contributed by atoms with van der Waals surface area (Å²) in [7, 11) is 0. The first-order valence-electron chi connectivity index (χ1n) is 11.2. The molecular weight excluding hydrogens is 470 g/mol. The third-order valence-corrected chi connectivity index (χ3v) is 7.02. The largest absolute Gasteiger partial charge is 0.483 e. The number of hydrogen-bond donors (Lipinski definition) is 3. The highest BCUT2D eigenvalue weighted by atomic mass is 32.1. The van der Waals surface area contributed by atoms with E-state index in [1.165, 1.54) is 15.9 Å². The third kappa shape index (κ3) is 5.17. The zero-order chi connectivity index (χ0) is 24.9. The molecule has 0 amide bonds. The van der Waals surface area contributed by atoms with Gasteiger partial charge in [-0.3, -0.25) is 19.1 Å². The molecule has 12 heteroatoms. The third-order valence-electron chi connectivity index (χ3n) is 5.92. The van der Waals surface area contributed by atoms with Gasteiger partial charge in [0.15, 0.2) is 5.82 Å². The average Bonchev–Trinajstić information content (AvgIpc) is 3.51. The SMILES string of the molecule is CCn1c(=O)[nH]c2cc(CN3CCN(c4ccc(-c5ncc[nH]5)nc4C)CC3)sc2c1=O.O=CO. The first-order valence-corrected chi connectivity index (χ1v) is 12.0. The van der Waals surface area contributed by atoms with Gasteiger partial charge in [-0.15, -0.1) is 11.3 Å². The zero-order valence-electron chi connectivity index (χ0n) is 19.5. The van der Waals surface area contributed by atoms with Crippen LogP contribution in [0.2, 0.25) is 0 Å². The fourth-order valence-electron chi connectivity index (χ4n) is 4.25. The Bertz CT molecular complexity index is 1420. The van der Waals surface area contributed by atoms with Crippen LogP contribution in [-0.4, -0.2) is 67.2 Å². The summed E-state index contributed by atoms with van der Waals surface area (Å²) < 4.78 is 1.87. The molecule has 0 saturated carbocycles. The van der Waals surface area contributed by atoms with E-state index in [4.69, 9.17) is 14.9 Å². The van der Waals surface area contributed by atoms with Crippen molar-refractivity contribution in [2.75, 3.05) is 31.1 Å². The van der Waals surface area contributed by atoms with Gasteiger partial charge in [0.05, 0.1) is 16.9 Å². The molecule has 0 atom stereocenters. The number of imidazole rings is 1. The number of piperazine rings is 1. The predicted octanol–water partition coefficient (Wildman–Crippen LogP) is 1.89. The number of hydrogen-bond acceptors (Lipinski definition) is 8. The molecule has 0 radical (unpaired) electrons. The van der Waals surface area contributed by atoms with Crippen LogP contribution in [0.1, 0.15) is 17.5 Å². The number of carbonyl (C=O) groups is 1. The monoisotopic (exact) mass is 497 g/mol. The van der Waals surface area contributed by atoms with Crippen molar-refractivity contribution < 1.29 is 9.90 Å². The summed E-state index contributed by atoms with van der Waals surface area (Å²) in [5.41, 5.74) is 3.09. The van der Waals surface area contributed by atoms with Crippen LogP contribution in [-0.2, 0) is 17.9 Å². The van der Waals surface area contributed by atoms with Gasteiger partial charge >= 0.3 is 5.69 Å². The van der Waals surface area contributed by atoms with Gasteiger partial charge in [-0.2, -0.15) is 0 Å². The van der Waals surface area contributed by atoms with Crippen molar-refractivity contribution in [3.05, 3.63) is 62.0 Å². The summed E-state index contributed by atoms with van der Waals surface area (Å²) >= 11 is 1.48. The lowest BCUT2D eigenvalue weighted by atomic mass is 10.2. The number of nitrogens with zero attached hydrogens (tertiary/aromatic N) is 5. The minimum Gasteiger partial charge on any atom is -0.483 e. The molecule has 5 rings (SSSR count). The number of aromatic amines is 2. The standard InChI is InChI=1S/C22H25N7O2S.CH2O2/c1-3-29-21(30)19-17(26-22(29)31)12-15(32-19)13-27-8-10-28(11-9-27)18-5-4-16(25-14(18)2)20-23-6-7-24-20;2-1-3/h4-7,12H,3,8-11,13H2,1-2H3,(H,23,24)(H,26,31);1H,(H,2,3). The topological polar surface area (TPSA) is 140 Å². The molecule has 0 bridgehead atoms. The maximum Gasteiger partial charge on any atom is 0.328 e. The molecule has 0 aliphatic carbocycles. The summed E-state index contributed by atoms with van der Waals surface area (Å²) in [6.45, 7) is 8.39. The van der Waals surface area contributed by atoms with Crippen LogP contribution < -0.4 is 16.1 Å². The Kier molecular flexibility index (Phi) is 7.42. The van der Waals surface area contributed by atoms with Crippen LogP contribution in [0.25, 0.3) is 21.7 Å². The molecule has 0 spiro atoms. The predicted molar refractivity (Wildman–Crippen MR) is 135 cm³/mol. The number of anilines is 1. The number of H-pyrrole nitrogens is 2. The lowest BCUT2D eigenvalue weighted by Gasteiger charge is -2.36. The van der Waals surface area contributed by atoms with Gasteiger partial charge < -0.3 is 20.0 Å². The van der Waals surface area contributed by atoms with E-state index in [0.29, 0.717) is 16.8 Å². The highest BCUT2D eigenvalue weighted by Gasteiger charge is 2.21. The number of pyridine rings is 1. The zero-order valence-corrected chi connectivity index (χ0v) is 20.3. The average molecular weight is 498 g/mol. The van der Waals surface area contributed by atoms with Gasteiger partial charge in [0.25, 0.3) is 12.0 Å². The molecule has 3 N–H and O–H groups in total. The summed E-state index contributed by atoms with van der Waals surface area (Å²) in [6, 6.07) is 6.07. The van der Waals surface area contributed by atoms with Gasteiger partial charge in [-0.05, 0) is 32.0 Å². The van der Waals surface area contributed by atoms with Crippen molar-refractivity contribution in [2.24, 2.45) is 0 Å². The number of carboxylic acid groups (broad SMARTS) is 1. The fourth-order valence-corrected chi connectivity index (χ4v) is 5.35. The highest BCUT2D eigenvalue weighted by Crippen LogP contribution is 2.25. The molecule has 1 fully saturated rings. The molecule has 184 valence electrons. The maximum absolute atomic E-state index is 12.5. The quantitative estimate of drug-likeness (QED) is 0.355. The molecule has 4 aromatic rings. The van der Waals surface area contributed by atoms with E-state index >= 15 is 0 Å². The van der Waals surface area contributed by atoms with Gasteiger partial charge in [-0.1, -0.05) is 0 Å². The van der Waals surface area contributed by atoms with Crippen LogP contribution in [0, 0.1) is 6.92 Å². The fraction of sp³-hybridized carbons (Fsp3) is 0.348.